The molecule has 1 unspecified atom stereocenters. The van der Waals surface area contributed by atoms with Gasteiger partial charge in [0.25, 0.3) is 0 Å². The normalized spacial score (nSPS) is 22.2. The highest BCUT2D eigenvalue weighted by atomic mass is 32.1. The SMILES string of the molecule is C1=CC(c2ccsc2)N=C1. The van der Waals surface area contributed by atoms with Gasteiger partial charge in [-0.1, -0.05) is 6.08 Å². The van der Waals surface area contributed by atoms with Crippen molar-refractivity contribution in [2.45, 2.75) is 6.04 Å². The molecule has 2 heterocycles. The molecular weight excluding hydrogens is 142 g/mol. The zero-order chi connectivity index (χ0) is 6.81. The molecule has 0 bridgehead atoms. The van der Waals surface area contributed by atoms with E-state index >= 15 is 0 Å². The van der Waals surface area contributed by atoms with Crippen molar-refractivity contribution in [2.24, 2.45) is 4.99 Å². The van der Waals surface area contributed by atoms with E-state index in [2.05, 4.69) is 27.9 Å². The second-order valence-electron chi connectivity index (χ2n) is 2.18. The summed E-state index contributed by atoms with van der Waals surface area (Å²) in [4.78, 5) is 4.25. The zero-order valence-corrected chi connectivity index (χ0v) is 6.21. The Hall–Kier alpha value is -0.890. The number of hydrogen-bond donors (Lipinski definition) is 0. The Balaban J connectivity index is 2.29. The van der Waals surface area contributed by atoms with E-state index in [-0.39, 0.29) is 0 Å². The van der Waals surface area contributed by atoms with Crippen LogP contribution in [0.1, 0.15) is 11.6 Å². The predicted octanol–water partition coefficient (Wildman–Crippen LogP) is 2.43. The molecule has 1 aliphatic rings. The van der Waals surface area contributed by atoms with Gasteiger partial charge in [0, 0.05) is 6.21 Å². The van der Waals surface area contributed by atoms with Gasteiger partial charge in [0.2, 0.25) is 0 Å². The summed E-state index contributed by atoms with van der Waals surface area (Å²) in [5, 5.41) is 4.22. The fraction of sp³-hybridized carbons (Fsp3) is 0.125. The lowest BCUT2D eigenvalue weighted by atomic mass is 10.2. The number of hydrogen-bond acceptors (Lipinski definition) is 2. The maximum Gasteiger partial charge on any atom is 0.0941 e. The van der Waals surface area contributed by atoms with Crippen LogP contribution < -0.4 is 0 Å². The third-order valence-electron chi connectivity index (χ3n) is 1.51. The van der Waals surface area contributed by atoms with E-state index in [4.69, 9.17) is 0 Å². The number of rotatable bonds is 1. The molecule has 2 rings (SSSR count). The lowest BCUT2D eigenvalue weighted by molar-refractivity contribution is 0.943. The molecule has 0 aliphatic carbocycles. The van der Waals surface area contributed by atoms with Crippen molar-refractivity contribution in [2.75, 3.05) is 0 Å². The Morgan fingerprint density at radius 2 is 2.50 bits per heavy atom. The first-order valence-electron chi connectivity index (χ1n) is 3.19. The highest BCUT2D eigenvalue weighted by molar-refractivity contribution is 7.08. The van der Waals surface area contributed by atoms with E-state index in [0.717, 1.165) is 0 Å². The van der Waals surface area contributed by atoms with Gasteiger partial charge in [0.15, 0.2) is 0 Å². The monoisotopic (exact) mass is 149 g/mol. The molecule has 1 aromatic rings. The van der Waals surface area contributed by atoms with Crippen molar-refractivity contribution in [3.05, 3.63) is 34.5 Å². The van der Waals surface area contributed by atoms with E-state index in [1.54, 1.807) is 11.3 Å². The van der Waals surface area contributed by atoms with Crippen LogP contribution in [0.4, 0.5) is 0 Å². The van der Waals surface area contributed by atoms with Gasteiger partial charge in [-0.3, -0.25) is 4.99 Å². The minimum atomic E-state index is 0.297. The molecule has 1 atom stereocenters. The molecular formula is C8H7NS. The van der Waals surface area contributed by atoms with Crippen LogP contribution in [0.5, 0.6) is 0 Å². The van der Waals surface area contributed by atoms with Crippen LogP contribution in [0.25, 0.3) is 0 Å². The van der Waals surface area contributed by atoms with Gasteiger partial charge >= 0.3 is 0 Å². The minimum absolute atomic E-state index is 0.297. The van der Waals surface area contributed by atoms with Gasteiger partial charge in [-0.05, 0) is 28.5 Å². The maximum atomic E-state index is 4.25. The summed E-state index contributed by atoms with van der Waals surface area (Å²) in [6.07, 6.45) is 5.94. The Morgan fingerprint density at radius 3 is 3.10 bits per heavy atom. The van der Waals surface area contributed by atoms with Crippen molar-refractivity contribution in [1.29, 1.82) is 0 Å². The third-order valence-corrected chi connectivity index (χ3v) is 2.21. The van der Waals surface area contributed by atoms with Crippen LogP contribution in [-0.4, -0.2) is 6.21 Å². The Morgan fingerprint density at radius 1 is 1.50 bits per heavy atom. The minimum Gasteiger partial charge on any atom is -0.281 e. The summed E-state index contributed by atoms with van der Waals surface area (Å²) < 4.78 is 0. The molecule has 1 aliphatic heterocycles. The second-order valence-corrected chi connectivity index (χ2v) is 2.96. The zero-order valence-electron chi connectivity index (χ0n) is 5.40. The van der Waals surface area contributed by atoms with E-state index in [1.165, 1.54) is 5.56 Å². The van der Waals surface area contributed by atoms with Gasteiger partial charge in [0.05, 0.1) is 6.04 Å². The molecule has 2 heteroatoms. The molecule has 0 amide bonds. The van der Waals surface area contributed by atoms with Gasteiger partial charge in [-0.25, -0.2) is 0 Å². The third kappa shape index (κ3) is 0.907. The Labute approximate surface area is 63.7 Å². The van der Waals surface area contributed by atoms with Crippen molar-refractivity contribution >= 4 is 17.6 Å². The average molecular weight is 149 g/mol. The molecule has 50 valence electrons. The van der Waals surface area contributed by atoms with Crippen LogP contribution in [0.3, 0.4) is 0 Å². The van der Waals surface area contributed by atoms with Crippen LogP contribution in [0.2, 0.25) is 0 Å². The average Bonchev–Trinajstić information content (AvgIpc) is 2.59. The number of aliphatic imine (C=N–C) groups is 1. The first kappa shape index (κ1) is 5.86. The van der Waals surface area contributed by atoms with E-state index < -0.39 is 0 Å². The summed E-state index contributed by atoms with van der Waals surface area (Å²) in [6.45, 7) is 0. The molecule has 1 nitrogen and oxygen atoms in total. The lowest BCUT2D eigenvalue weighted by Gasteiger charge is -1.97. The number of thiophene rings is 1. The molecule has 10 heavy (non-hydrogen) atoms. The summed E-state index contributed by atoms with van der Waals surface area (Å²) in [7, 11) is 0. The fourth-order valence-electron chi connectivity index (χ4n) is 0.988. The van der Waals surface area contributed by atoms with E-state index in [0.29, 0.717) is 6.04 Å². The van der Waals surface area contributed by atoms with Crippen LogP contribution in [0.15, 0.2) is 34.0 Å². The fourth-order valence-corrected chi connectivity index (χ4v) is 1.68. The Bertz CT molecular complexity index is 247. The van der Waals surface area contributed by atoms with Crippen molar-refractivity contribution in [3.8, 4) is 0 Å². The van der Waals surface area contributed by atoms with Crippen molar-refractivity contribution in [3.63, 3.8) is 0 Å². The Kier molecular flexibility index (Phi) is 1.40. The smallest absolute Gasteiger partial charge is 0.0941 e. The highest BCUT2D eigenvalue weighted by Gasteiger charge is 2.06. The second kappa shape index (κ2) is 2.39. The molecule has 0 aromatic carbocycles. The van der Waals surface area contributed by atoms with Gasteiger partial charge in [-0.2, -0.15) is 11.3 Å². The molecule has 0 fully saturated rings. The summed E-state index contributed by atoms with van der Waals surface area (Å²) in [5.41, 5.74) is 1.30. The maximum absolute atomic E-state index is 4.25. The standard InChI is InChI=1S/C8H7NS/c1-2-8(9-4-1)7-3-5-10-6-7/h1-6,8H. The number of allylic oxidation sites excluding steroid dienone is 1. The van der Waals surface area contributed by atoms with Crippen molar-refractivity contribution in [1.82, 2.24) is 0 Å². The predicted molar refractivity (Wildman–Crippen MR) is 44.7 cm³/mol. The van der Waals surface area contributed by atoms with Crippen LogP contribution in [-0.2, 0) is 0 Å². The van der Waals surface area contributed by atoms with E-state index in [1.807, 2.05) is 12.3 Å². The van der Waals surface area contributed by atoms with Gasteiger partial charge < -0.3 is 0 Å². The molecule has 0 spiro atoms. The van der Waals surface area contributed by atoms with Gasteiger partial charge in [0.1, 0.15) is 0 Å². The summed E-state index contributed by atoms with van der Waals surface area (Å²) >= 11 is 1.72. The quantitative estimate of drug-likeness (QED) is 0.581. The highest BCUT2D eigenvalue weighted by Crippen LogP contribution is 2.22. The number of nitrogens with zero attached hydrogens (tertiary/aromatic N) is 1. The first-order chi connectivity index (χ1) is 4.97. The lowest BCUT2D eigenvalue weighted by Crippen LogP contribution is -1.82. The van der Waals surface area contributed by atoms with Crippen LogP contribution >= 0.6 is 11.3 Å². The molecule has 0 radical (unpaired) electrons. The summed E-state index contributed by atoms with van der Waals surface area (Å²) in [5.74, 6) is 0. The first-order valence-corrected chi connectivity index (χ1v) is 4.13. The van der Waals surface area contributed by atoms with Crippen molar-refractivity contribution < 1.29 is 0 Å². The molecule has 0 N–H and O–H groups in total. The van der Waals surface area contributed by atoms with E-state index in [9.17, 15) is 0 Å². The summed E-state index contributed by atoms with van der Waals surface area (Å²) in [6, 6.07) is 2.41. The molecule has 0 saturated carbocycles. The topological polar surface area (TPSA) is 12.4 Å². The van der Waals surface area contributed by atoms with Crippen LogP contribution in [0, 0.1) is 0 Å². The molecule has 1 aromatic heterocycles. The van der Waals surface area contributed by atoms with Gasteiger partial charge in [-0.15, -0.1) is 0 Å². The largest absolute Gasteiger partial charge is 0.281 e. The molecule has 0 saturated heterocycles.